The monoisotopic (exact) mass is 230 g/mol. The van der Waals surface area contributed by atoms with Crippen LogP contribution in [0.15, 0.2) is 34.9 Å². The van der Waals surface area contributed by atoms with Crippen LogP contribution in [0.2, 0.25) is 0 Å². The van der Waals surface area contributed by atoms with Gasteiger partial charge in [0.05, 0.1) is 12.5 Å². The molecule has 1 amide bonds. The first-order valence-corrected chi connectivity index (χ1v) is 5.78. The van der Waals surface area contributed by atoms with Crippen molar-refractivity contribution in [2.45, 2.75) is 27.2 Å². The maximum atomic E-state index is 11.9. The second-order valence-corrected chi connectivity index (χ2v) is 4.29. The zero-order chi connectivity index (χ0) is 12.8. The van der Waals surface area contributed by atoms with Crippen molar-refractivity contribution in [1.29, 1.82) is 5.26 Å². The van der Waals surface area contributed by atoms with Crippen molar-refractivity contribution >= 4 is 5.91 Å². The van der Waals surface area contributed by atoms with Gasteiger partial charge in [0, 0.05) is 12.1 Å². The molecule has 0 spiro atoms. The molecule has 1 aliphatic carbocycles. The third-order valence-electron chi connectivity index (χ3n) is 2.92. The molecule has 17 heavy (non-hydrogen) atoms. The Kier molecular flexibility index (Phi) is 4.71. The van der Waals surface area contributed by atoms with E-state index in [4.69, 9.17) is 5.26 Å². The van der Waals surface area contributed by atoms with Gasteiger partial charge in [-0.25, -0.2) is 0 Å². The smallest absolute Gasteiger partial charge is 0.251 e. The van der Waals surface area contributed by atoms with Crippen LogP contribution in [0.5, 0.6) is 0 Å². The number of carbonyl (C=O) groups is 1. The molecule has 3 nitrogen and oxygen atoms in total. The summed E-state index contributed by atoms with van der Waals surface area (Å²) in [7, 11) is 0. The summed E-state index contributed by atoms with van der Waals surface area (Å²) in [4.78, 5) is 11.9. The van der Waals surface area contributed by atoms with Crippen LogP contribution in [0.1, 0.15) is 27.2 Å². The summed E-state index contributed by atoms with van der Waals surface area (Å²) in [6.45, 7) is 6.46. The van der Waals surface area contributed by atoms with Crippen LogP contribution in [0.4, 0.5) is 0 Å². The Morgan fingerprint density at radius 1 is 1.47 bits per heavy atom. The van der Waals surface area contributed by atoms with Crippen molar-refractivity contribution in [3.63, 3.8) is 0 Å². The van der Waals surface area contributed by atoms with Gasteiger partial charge in [0.25, 0.3) is 5.91 Å². The molecular formula is C14H18N2O. The molecule has 1 aliphatic rings. The van der Waals surface area contributed by atoms with Gasteiger partial charge in [0.15, 0.2) is 0 Å². The first kappa shape index (κ1) is 13.2. The first-order chi connectivity index (χ1) is 8.06. The Morgan fingerprint density at radius 3 is 2.82 bits per heavy atom. The second kappa shape index (κ2) is 6.05. The molecule has 0 fully saturated rings. The summed E-state index contributed by atoms with van der Waals surface area (Å²) in [6.07, 6.45) is 6.33. The molecule has 3 heteroatoms. The molecule has 90 valence electrons. The highest BCUT2D eigenvalue weighted by Gasteiger charge is 2.15. The minimum atomic E-state index is -0.0936. The van der Waals surface area contributed by atoms with E-state index in [1.807, 2.05) is 31.2 Å². The third kappa shape index (κ3) is 3.60. The highest BCUT2D eigenvalue weighted by atomic mass is 16.1. The number of allylic oxidation sites excluding steroid dienone is 4. The fraction of sp³-hybridized carbons (Fsp3) is 0.429. The molecule has 0 aromatic carbocycles. The van der Waals surface area contributed by atoms with Gasteiger partial charge in [-0.3, -0.25) is 4.79 Å². The summed E-state index contributed by atoms with van der Waals surface area (Å²) in [5, 5.41) is 11.2. The third-order valence-corrected chi connectivity index (χ3v) is 2.92. The quantitative estimate of drug-likeness (QED) is 0.757. The topological polar surface area (TPSA) is 52.9 Å². The van der Waals surface area contributed by atoms with Crippen molar-refractivity contribution in [1.82, 2.24) is 5.32 Å². The molecule has 0 saturated heterocycles. The van der Waals surface area contributed by atoms with E-state index in [0.717, 1.165) is 5.57 Å². The Hall–Kier alpha value is -1.82. The van der Waals surface area contributed by atoms with E-state index in [-0.39, 0.29) is 11.8 Å². The van der Waals surface area contributed by atoms with Gasteiger partial charge >= 0.3 is 0 Å². The van der Waals surface area contributed by atoms with Crippen molar-refractivity contribution in [2.24, 2.45) is 5.92 Å². The average molecular weight is 230 g/mol. The molecule has 0 aromatic heterocycles. The summed E-state index contributed by atoms with van der Waals surface area (Å²) >= 11 is 0. The zero-order valence-corrected chi connectivity index (χ0v) is 10.6. The van der Waals surface area contributed by atoms with Crippen molar-refractivity contribution in [3.8, 4) is 6.07 Å². The van der Waals surface area contributed by atoms with E-state index in [9.17, 15) is 4.79 Å². The number of nitrogens with zero attached hydrogens (tertiary/aromatic N) is 1. The molecule has 0 aliphatic heterocycles. The second-order valence-electron chi connectivity index (χ2n) is 4.29. The first-order valence-electron chi connectivity index (χ1n) is 5.78. The number of rotatable bonds is 3. The van der Waals surface area contributed by atoms with Gasteiger partial charge in [-0.2, -0.15) is 5.26 Å². The van der Waals surface area contributed by atoms with Gasteiger partial charge in [0.2, 0.25) is 0 Å². The summed E-state index contributed by atoms with van der Waals surface area (Å²) < 4.78 is 0. The lowest BCUT2D eigenvalue weighted by Crippen LogP contribution is -2.26. The Bertz CT molecular complexity index is 436. The maximum Gasteiger partial charge on any atom is 0.251 e. The highest BCUT2D eigenvalue weighted by Crippen LogP contribution is 2.22. The number of amides is 1. The summed E-state index contributed by atoms with van der Waals surface area (Å²) in [5.74, 6) is 0.171. The van der Waals surface area contributed by atoms with Crippen LogP contribution in [-0.4, -0.2) is 12.5 Å². The van der Waals surface area contributed by atoms with E-state index in [2.05, 4.69) is 19.2 Å². The van der Waals surface area contributed by atoms with Gasteiger partial charge in [-0.05, 0) is 25.3 Å². The lowest BCUT2D eigenvalue weighted by Gasteiger charge is -2.10. The zero-order valence-electron chi connectivity index (χ0n) is 10.6. The maximum absolute atomic E-state index is 11.9. The molecule has 0 radical (unpaired) electrons. The van der Waals surface area contributed by atoms with E-state index < -0.39 is 0 Å². The fourth-order valence-electron chi connectivity index (χ4n) is 1.59. The fourth-order valence-corrected chi connectivity index (χ4v) is 1.59. The molecule has 1 unspecified atom stereocenters. The van der Waals surface area contributed by atoms with Gasteiger partial charge in [-0.1, -0.05) is 30.7 Å². The number of hydrogen-bond donors (Lipinski definition) is 1. The van der Waals surface area contributed by atoms with Crippen LogP contribution in [0, 0.1) is 17.2 Å². The summed E-state index contributed by atoms with van der Waals surface area (Å²) in [6, 6.07) is 2.01. The van der Waals surface area contributed by atoms with Crippen molar-refractivity contribution < 1.29 is 4.79 Å². The van der Waals surface area contributed by atoms with Gasteiger partial charge < -0.3 is 5.32 Å². The Balaban J connectivity index is 2.80. The van der Waals surface area contributed by atoms with E-state index in [1.54, 1.807) is 0 Å². The van der Waals surface area contributed by atoms with Crippen LogP contribution in [-0.2, 0) is 4.79 Å². The molecule has 0 bridgehead atoms. The van der Waals surface area contributed by atoms with Crippen molar-refractivity contribution in [3.05, 3.63) is 34.9 Å². The Morgan fingerprint density at radius 2 is 2.18 bits per heavy atom. The van der Waals surface area contributed by atoms with E-state index >= 15 is 0 Å². The standard InChI is InChI=1S/C14H18N2O/c1-10-5-6-11(2)13(9-12(10)3)14(17)16-8-4-7-15/h5-6,9,12H,4,8H2,1-3H3,(H,16,17). The largest absolute Gasteiger partial charge is 0.351 e. The Labute approximate surface area is 103 Å². The molecule has 1 N–H and O–H groups in total. The van der Waals surface area contributed by atoms with E-state index in [0.29, 0.717) is 18.5 Å². The SMILES string of the molecule is CC1=CC=C(C)C(C)C=C1C(=O)NCCC#N. The molecular weight excluding hydrogens is 212 g/mol. The minimum absolute atomic E-state index is 0.0936. The average Bonchev–Trinajstić information content (AvgIpc) is 2.43. The highest BCUT2D eigenvalue weighted by molar-refractivity contribution is 5.97. The molecule has 1 rings (SSSR count). The predicted octanol–water partition coefficient (Wildman–Crippen LogP) is 2.48. The van der Waals surface area contributed by atoms with E-state index in [1.165, 1.54) is 5.57 Å². The normalized spacial score (nSPS) is 19.4. The lowest BCUT2D eigenvalue weighted by atomic mass is 9.99. The molecule has 0 saturated carbocycles. The molecule has 0 aromatic rings. The van der Waals surface area contributed by atoms with Crippen LogP contribution in [0.25, 0.3) is 0 Å². The lowest BCUT2D eigenvalue weighted by molar-refractivity contribution is -0.117. The number of carbonyl (C=O) groups excluding carboxylic acids is 1. The van der Waals surface area contributed by atoms with Crippen LogP contribution in [0.3, 0.4) is 0 Å². The van der Waals surface area contributed by atoms with Crippen LogP contribution < -0.4 is 5.32 Å². The summed E-state index contributed by atoms with van der Waals surface area (Å²) in [5.41, 5.74) is 2.91. The van der Waals surface area contributed by atoms with Gasteiger partial charge in [0.1, 0.15) is 0 Å². The minimum Gasteiger partial charge on any atom is -0.351 e. The predicted molar refractivity (Wildman–Crippen MR) is 68.0 cm³/mol. The number of hydrogen-bond acceptors (Lipinski definition) is 2. The van der Waals surface area contributed by atoms with Crippen LogP contribution >= 0.6 is 0 Å². The van der Waals surface area contributed by atoms with Crippen molar-refractivity contribution in [2.75, 3.05) is 6.54 Å². The number of nitrogens with one attached hydrogen (secondary N) is 1. The van der Waals surface area contributed by atoms with Gasteiger partial charge in [-0.15, -0.1) is 0 Å². The molecule has 1 atom stereocenters. The number of nitriles is 1. The molecule has 0 heterocycles.